The van der Waals surface area contributed by atoms with Crippen molar-refractivity contribution in [1.82, 2.24) is 4.90 Å². The third kappa shape index (κ3) is 4.35. The fraction of sp³-hybridized carbons (Fsp3) is 0.278. The Morgan fingerprint density at radius 3 is 2.43 bits per heavy atom. The standard InChI is InChI=1S/C18H21NO2/c1-14-9-10-17(11-15(14)2)21-13-18(20)19(3)12-16-7-5-4-6-8-16/h4-11H,12-13H2,1-3H3. The van der Waals surface area contributed by atoms with E-state index >= 15 is 0 Å². The molecule has 0 radical (unpaired) electrons. The zero-order valence-electron chi connectivity index (χ0n) is 12.8. The van der Waals surface area contributed by atoms with Gasteiger partial charge in [0.05, 0.1) is 0 Å². The molecule has 0 atom stereocenters. The summed E-state index contributed by atoms with van der Waals surface area (Å²) in [5, 5.41) is 0. The first-order valence-corrected chi connectivity index (χ1v) is 7.04. The van der Waals surface area contributed by atoms with Crippen molar-refractivity contribution in [2.24, 2.45) is 0 Å². The van der Waals surface area contributed by atoms with Crippen molar-refractivity contribution in [2.45, 2.75) is 20.4 Å². The Kier molecular flexibility index (Phi) is 4.99. The zero-order chi connectivity index (χ0) is 15.2. The molecular formula is C18H21NO2. The van der Waals surface area contributed by atoms with Crippen molar-refractivity contribution >= 4 is 5.91 Å². The lowest BCUT2D eigenvalue weighted by Gasteiger charge is -2.17. The molecule has 0 aliphatic rings. The number of amides is 1. The fourth-order valence-electron chi connectivity index (χ4n) is 2.00. The van der Waals surface area contributed by atoms with Crippen molar-refractivity contribution in [3.63, 3.8) is 0 Å². The molecule has 2 aromatic carbocycles. The van der Waals surface area contributed by atoms with Crippen LogP contribution in [0.4, 0.5) is 0 Å². The number of carbonyl (C=O) groups excluding carboxylic acids is 1. The van der Waals surface area contributed by atoms with Gasteiger partial charge < -0.3 is 9.64 Å². The lowest BCUT2D eigenvalue weighted by Crippen LogP contribution is -2.30. The van der Waals surface area contributed by atoms with Gasteiger partial charge in [-0.15, -0.1) is 0 Å². The molecule has 0 fully saturated rings. The summed E-state index contributed by atoms with van der Waals surface area (Å²) < 4.78 is 5.57. The number of hydrogen-bond donors (Lipinski definition) is 0. The van der Waals surface area contributed by atoms with Crippen LogP contribution in [-0.2, 0) is 11.3 Å². The van der Waals surface area contributed by atoms with Gasteiger partial charge in [-0.3, -0.25) is 4.79 Å². The molecule has 0 aliphatic carbocycles. The number of aryl methyl sites for hydroxylation is 2. The van der Waals surface area contributed by atoms with E-state index in [2.05, 4.69) is 6.92 Å². The molecular weight excluding hydrogens is 262 g/mol. The van der Waals surface area contributed by atoms with Gasteiger partial charge in [0.2, 0.25) is 0 Å². The lowest BCUT2D eigenvalue weighted by molar-refractivity contribution is -0.132. The Bertz CT molecular complexity index is 608. The van der Waals surface area contributed by atoms with E-state index in [-0.39, 0.29) is 12.5 Å². The SMILES string of the molecule is Cc1ccc(OCC(=O)N(C)Cc2ccccc2)cc1C. The van der Waals surface area contributed by atoms with E-state index in [0.717, 1.165) is 16.9 Å². The van der Waals surface area contributed by atoms with Crippen LogP contribution in [0.2, 0.25) is 0 Å². The third-order valence-electron chi connectivity index (χ3n) is 3.53. The van der Waals surface area contributed by atoms with E-state index in [1.54, 1.807) is 11.9 Å². The molecule has 0 saturated heterocycles. The van der Waals surface area contributed by atoms with Gasteiger partial charge >= 0.3 is 0 Å². The van der Waals surface area contributed by atoms with Crippen LogP contribution in [0.15, 0.2) is 48.5 Å². The number of hydrogen-bond acceptors (Lipinski definition) is 2. The van der Waals surface area contributed by atoms with Crippen LogP contribution >= 0.6 is 0 Å². The maximum absolute atomic E-state index is 12.1. The molecule has 0 heterocycles. The Labute approximate surface area is 126 Å². The van der Waals surface area contributed by atoms with Crippen LogP contribution in [0.3, 0.4) is 0 Å². The molecule has 2 rings (SSSR count). The minimum absolute atomic E-state index is 0.0305. The van der Waals surface area contributed by atoms with E-state index < -0.39 is 0 Å². The Morgan fingerprint density at radius 1 is 1.05 bits per heavy atom. The summed E-state index contributed by atoms with van der Waals surface area (Å²) in [4.78, 5) is 13.8. The second-order valence-corrected chi connectivity index (χ2v) is 5.27. The highest BCUT2D eigenvalue weighted by Gasteiger charge is 2.10. The molecule has 0 aromatic heterocycles. The largest absolute Gasteiger partial charge is 0.484 e. The number of carbonyl (C=O) groups is 1. The zero-order valence-corrected chi connectivity index (χ0v) is 12.8. The Morgan fingerprint density at radius 2 is 1.76 bits per heavy atom. The number of likely N-dealkylation sites (N-methyl/N-ethyl adjacent to an activating group) is 1. The second kappa shape index (κ2) is 6.93. The van der Waals surface area contributed by atoms with Crippen LogP contribution in [0.5, 0.6) is 5.75 Å². The first-order valence-electron chi connectivity index (χ1n) is 7.04. The van der Waals surface area contributed by atoms with E-state index in [4.69, 9.17) is 4.74 Å². The number of rotatable bonds is 5. The van der Waals surface area contributed by atoms with E-state index in [9.17, 15) is 4.79 Å². The van der Waals surface area contributed by atoms with Crippen LogP contribution < -0.4 is 4.74 Å². The van der Waals surface area contributed by atoms with Crippen LogP contribution in [-0.4, -0.2) is 24.5 Å². The van der Waals surface area contributed by atoms with Crippen LogP contribution in [0.1, 0.15) is 16.7 Å². The van der Waals surface area contributed by atoms with Crippen LogP contribution in [0, 0.1) is 13.8 Å². The van der Waals surface area contributed by atoms with Crippen molar-refractivity contribution in [1.29, 1.82) is 0 Å². The summed E-state index contributed by atoms with van der Waals surface area (Å²) in [6.45, 7) is 4.74. The molecule has 0 unspecified atom stereocenters. The molecule has 0 spiro atoms. The highest BCUT2D eigenvalue weighted by Crippen LogP contribution is 2.16. The van der Waals surface area contributed by atoms with Crippen molar-refractivity contribution in [2.75, 3.05) is 13.7 Å². The maximum atomic E-state index is 12.1. The van der Waals surface area contributed by atoms with Crippen molar-refractivity contribution in [3.05, 3.63) is 65.2 Å². The topological polar surface area (TPSA) is 29.5 Å². The van der Waals surface area contributed by atoms with Gasteiger partial charge in [-0.25, -0.2) is 0 Å². The molecule has 0 bridgehead atoms. The van der Waals surface area contributed by atoms with E-state index in [1.165, 1.54) is 5.56 Å². The predicted octanol–water partition coefficient (Wildman–Crippen LogP) is 3.34. The summed E-state index contributed by atoms with van der Waals surface area (Å²) in [5.41, 5.74) is 3.49. The van der Waals surface area contributed by atoms with Gasteiger partial charge in [0, 0.05) is 13.6 Å². The lowest BCUT2D eigenvalue weighted by atomic mass is 10.1. The van der Waals surface area contributed by atoms with E-state index in [0.29, 0.717) is 6.54 Å². The molecule has 0 N–H and O–H groups in total. The minimum Gasteiger partial charge on any atom is -0.484 e. The van der Waals surface area contributed by atoms with Crippen molar-refractivity contribution in [3.8, 4) is 5.75 Å². The minimum atomic E-state index is -0.0305. The molecule has 2 aromatic rings. The Balaban J connectivity index is 1.87. The highest BCUT2D eigenvalue weighted by molar-refractivity contribution is 5.77. The molecule has 1 amide bonds. The fourth-order valence-corrected chi connectivity index (χ4v) is 2.00. The van der Waals surface area contributed by atoms with Gasteiger partial charge in [-0.2, -0.15) is 0 Å². The predicted molar refractivity (Wildman–Crippen MR) is 84.3 cm³/mol. The summed E-state index contributed by atoms with van der Waals surface area (Å²) >= 11 is 0. The van der Waals surface area contributed by atoms with Crippen LogP contribution in [0.25, 0.3) is 0 Å². The highest BCUT2D eigenvalue weighted by atomic mass is 16.5. The summed E-state index contributed by atoms with van der Waals surface area (Å²) in [5.74, 6) is 0.705. The molecule has 3 nitrogen and oxygen atoms in total. The molecule has 0 aliphatic heterocycles. The number of ether oxygens (including phenoxy) is 1. The first kappa shape index (κ1) is 15.1. The van der Waals surface area contributed by atoms with Gasteiger partial charge in [0.25, 0.3) is 5.91 Å². The third-order valence-corrected chi connectivity index (χ3v) is 3.53. The first-order chi connectivity index (χ1) is 10.1. The summed E-state index contributed by atoms with van der Waals surface area (Å²) in [6, 6.07) is 15.8. The molecule has 3 heteroatoms. The summed E-state index contributed by atoms with van der Waals surface area (Å²) in [7, 11) is 1.79. The van der Waals surface area contributed by atoms with Gasteiger partial charge in [0.1, 0.15) is 5.75 Å². The Hall–Kier alpha value is -2.29. The van der Waals surface area contributed by atoms with Gasteiger partial charge in [-0.1, -0.05) is 36.4 Å². The normalized spacial score (nSPS) is 10.2. The quantitative estimate of drug-likeness (QED) is 0.842. The molecule has 110 valence electrons. The maximum Gasteiger partial charge on any atom is 0.260 e. The van der Waals surface area contributed by atoms with Crippen molar-refractivity contribution < 1.29 is 9.53 Å². The smallest absolute Gasteiger partial charge is 0.260 e. The average Bonchev–Trinajstić information content (AvgIpc) is 2.49. The van der Waals surface area contributed by atoms with Gasteiger partial charge in [-0.05, 0) is 42.7 Å². The average molecular weight is 283 g/mol. The monoisotopic (exact) mass is 283 g/mol. The molecule has 0 saturated carbocycles. The van der Waals surface area contributed by atoms with Gasteiger partial charge in [0.15, 0.2) is 6.61 Å². The summed E-state index contributed by atoms with van der Waals surface area (Å²) in [6.07, 6.45) is 0. The molecule has 21 heavy (non-hydrogen) atoms. The number of nitrogens with zero attached hydrogens (tertiary/aromatic N) is 1. The van der Waals surface area contributed by atoms with E-state index in [1.807, 2.05) is 55.5 Å². The second-order valence-electron chi connectivity index (χ2n) is 5.27. The number of benzene rings is 2.